The third kappa shape index (κ3) is 3.57. The van der Waals surface area contributed by atoms with Crippen LogP contribution in [0.3, 0.4) is 0 Å². The molecule has 0 radical (unpaired) electrons. The number of hydrogen-bond donors (Lipinski definition) is 1. The number of nitrogen functional groups attached to an aromatic ring is 1. The zero-order valence-electron chi connectivity index (χ0n) is 7.24. The predicted molar refractivity (Wildman–Crippen MR) is 57.9 cm³/mol. The molecule has 0 aliphatic rings. The Balaban J connectivity index is 3.05. The lowest BCUT2D eigenvalue weighted by Crippen LogP contribution is -2.17. The molecule has 7 heteroatoms. The van der Waals surface area contributed by atoms with Gasteiger partial charge in [0.2, 0.25) is 0 Å². The average molecular weight is 349 g/mol. The van der Waals surface area contributed by atoms with Crippen molar-refractivity contribution in [3.63, 3.8) is 0 Å². The van der Waals surface area contributed by atoms with Crippen LogP contribution in [0.2, 0.25) is 0 Å². The third-order valence-corrected chi connectivity index (χ3v) is 2.79. The molecule has 15 heavy (non-hydrogen) atoms. The minimum Gasteiger partial charge on any atom is -0.405 e. The van der Waals surface area contributed by atoms with E-state index in [0.717, 1.165) is 6.07 Å². The van der Waals surface area contributed by atoms with Crippen molar-refractivity contribution in [2.24, 2.45) is 0 Å². The number of alkyl halides is 4. The molecule has 0 unspecified atom stereocenters. The van der Waals surface area contributed by atoms with Crippen LogP contribution >= 0.6 is 31.9 Å². The van der Waals surface area contributed by atoms with E-state index in [9.17, 15) is 13.2 Å². The molecule has 0 saturated heterocycles. The zero-order chi connectivity index (χ0) is 11.6. The van der Waals surface area contributed by atoms with Crippen molar-refractivity contribution in [2.75, 3.05) is 5.73 Å². The predicted octanol–water partition coefficient (Wildman–Crippen LogP) is 3.82. The van der Waals surface area contributed by atoms with Gasteiger partial charge in [0.15, 0.2) is 0 Å². The van der Waals surface area contributed by atoms with Crippen LogP contribution in [0.5, 0.6) is 5.75 Å². The summed E-state index contributed by atoms with van der Waals surface area (Å²) < 4.78 is 39.8. The smallest absolute Gasteiger partial charge is 0.405 e. The van der Waals surface area contributed by atoms with Crippen LogP contribution in [0.15, 0.2) is 16.6 Å². The summed E-state index contributed by atoms with van der Waals surface area (Å²) in [5.41, 5.74) is 6.46. The normalized spacial score (nSPS) is 11.5. The first-order valence-corrected chi connectivity index (χ1v) is 5.64. The molecule has 1 aromatic rings. The number of hydrogen-bond acceptors (Lipinski definition) is 2. The van der Waals surface area contributed by atoms with Gasteiger partial charge in [-0.1, -0.05) is 15.9 Å². The number of anilines is 1. The molecule has 1 rings (SSSR count). The standard InChI is InChI=1S/C8H6Br2F3NO/c9-3-4-1-5(10)7(2-6(4)14)15-8(11,12)13/h1-2H,3,14H2. The van der Waals surface area contributed by atoms with Crippen molar-refractivity contribution in [1.82, 2.24) is 0 Å². The van der Waals surface area contributed by atoms with Gasteiger partial charge in [0.25, 0.3) is 0 Å². The summed E-state index contributed by atoms with van der Waals surface area (Å²) in [5.74, 6) is -0.343. The van der Waals surface area contributed by atoms with Crippen molar-refractivity contribution < 1.29 is 17.9 Å². The van der Waals surface area contributed by atoms with E-state index in [-0.39, 0.29) is 15.9 Å². The van der Waals surface area contributed by atoms with E-state index in [2.05, 4.69) is 36.6 Å². The van der Waals surface area contributed by atoms with Crippen LogP contribution in [-0.4, -0.2) is 6.36 Å². The molecule has 0 amide bonds. The molecule has 2 nitrogen and oxygen atoms in total. The molecule has 0 aliphatic heterocycles. The minimum absolute atomic E-state index is 0.212. The second kappa shape index (κ2) is 4.61. The lowest BCUT2D eigenvalue weighted by atomic mass is 10.2. The highest BCUT2D eigenvalue weighted by Gasteiger charge is 2.32. The number of halogens is 5. The van der Waals surface area contributed by atoms with E-state index in [0.29, 0.717) is 10.9 Å². The molecule has 2 N–H and O–H groups in total. The fraction of sp³-hybridized carbons (Fsp3) is 0.250. The molecule has 0 aromatic heterocycles. The molecule has 0 heterocycles. The molecule has 0 aliphatic carbocycles. The first kappa shape index (κ1) is 12.6. The van der Waals surface area contributed by atoms with E-state index in [1.807, 2.05) is 0 Å². The summed E-state index contributed by atoms with van der Waals surface area (Å²) in [5, 5.41) is 0.462. The van der Waals surface area contributed by atoms with Gasteiger partial charge in [-0.05, 0) is 27.6 Å². The molecule has 0 fully saturated rings. The Labute approximate surface area is 101 Å². The summed E-state index contributed by atoms with van der Waals surface area (Å²) in [6.45, 7) is 0. The van der Waals surface area contributed by atoms with Gasteiger partial charge in [0.1, 0.15) is 5.75 Å². The van der Waals surface area contributed by atoms with Crippen molar-refractivity contribution >= 4 is 37.5 Å². The lowest BCUT2D eigenvalue weighted by molar-refractivity contribution is -0.274. The van der Waals surface area contributed by atoms with Gasteiger partial charge in [-0.3, -0.25) is 0 Å². The van der Waals surface area contributed by atoms with Crippen LogP contribution in [0.4, 0.5) is 18.9 Å². The summed E-state index contributed by atoms with van der Waals surface area (Å²) >= 11 is 6.14. The van der Waals surface area contributed by atoms with Gasteiger partial charge < -0.3 is 10.5 Å². The Morgan fingerprint density at radius 2 is 1.93 bits per heavy atom. The van der Waals surface area contributed by atoms with Crippen LogP contribution in [0, 0.1) is 0 Å². The van der Waals surface area contributed by atoms with Crippen LogP contribution in [0.1, 0.15) is 5.56 Å². The van der Waals surface area contributed by atoms with Crippen molar-refractivity contribution in [3.05, 3.63) is 22.2 Å². The van der Waals surface area contributed by atoms with Crippen molar-refractivity contribution in [2.45, 2.75) is 11.7 Å². The molecule has 0 bridgehead atoms. The molecule has 84 valence electrons. The van der Waals surface area contributed by atoms with Crippen LogP contribution < -0.4 is 10.5 Å². The summed E-state index contributed by atoms with van der Waals surface area (Å²) in [4.78, 5) is 0. The van der Waals surface area contributed by atoms with Gasteiger partial charge in [-0.2, -0.15) is 0 Å². The summed E-state index contributed by atoms with van der Waals surface area (Å²) in [6.07, 6.45) is -4.72. The summed E-state index contributed by atoms with van der Waals surface area (Å²) in [7, 11) is 0. The highest BCUT2D eigenvalue weighted by atomic mass is 79.9. The van der Waals surface area contributed by atoms with Gasteiger partial charge in [-0.15, -0.1) is 13.2 Å². The maximum atomic E-state index is 11.9. The Kier molecular flexibility index (Phi) is 3.88. The first-order chi connectivity index (χ1) is 6.83. The zero-order valence-corrected chi connectivity index (χ0v) is 10.4. The summed E-state index contributed by atoms with van der Waals surface area (Å²) in [6, 6.07) is 2.61. The van der Waals surface area contributed by atoms with Crippen LogP contribution in [-0.2, 0) is 5.33 Å². The highest BCUT2D eigenvalue weighted by Crippen LogP contribution is 2.34. The monoisotopic (exact) mass is 347 g/mol. The van der Waals surface area contributed by atoms with Crippen molar-refractivity contribution in [1.29, 1.82) is 0 Å². The minimum atomic E-state index is -4.72. The molecule has 0 atom stereocenters. The third-order valence-electron chi connectivity index (χ3n) is 1.56. The van der Waals surface area contributed by atoms with E-state index in [1.165, 1.54) is 6.07 Å². The topological polar surface area (TPSA) is 35.2 Å². The first-order valence-electron chi connectivity index (χ1n) is 3.73. The Hall–Kier alpha value is -0.430. The Bertz CT molecular complexity index is 368. The van der Waals surface area contributed by atoms with Gasteiger partial charge in [0.05, 0.1) is 4.47 Å². The SMILES string of the molecule is Nc1cc(OC(F)(F)F)c(Br)cc1CBr. The van der Waals surface area contributed by atoms with Gasteiger partial charge in [-0.25, -0.2) is 0 Å². The van der Waals surface area contributed by atoms with E-state index < -0.39 is 6.36 Å². The molecule has 0 spiro atoms. The van der Waals surface area contributed by atoms with E-state index >= 15 is 0 Å². The fourth-order valence-electron chi connectivity index (χ4n) is 0.929. The van der Waals surface area contributed by atoms with Crippen LogP contribution in [0.25, 0.3) is 0 Å². The quantitative estimate of drug-likeness (QED) is 0.651. The lowest BCUT2D eigenvalue weighted by Gasteiger charge is -2.12. The van der Waals surface area contributed by atoms with E-state index in [1.54, 1.807) is 0 Å². The second-order valence-corrected chi connectivity index (χ2v) is 4.08. The molecule has 1 aromatic carbocycles. The number of rotatable bonds is 2. The van der Waals surface area contributed by atoms with Gasteiger partial charge >= 0.3 is 6.36 Å². The maximum Gasteiger partial charge on any atom is 0.573 e. The fourth-order valence-corrected chi connectivity index (χ4v) is 1.89. The maximum absolute atomic E-state index is 11.9. The number of nitrogens with two attached hydrogens (primary N) is 1. The average Bonchev–Trinajstić information content (AvgIpc) is 2.08. The molecule has 0 saturated carbocycles. The Morgan fingerprint density at radius 1 is 1.33 bits per heavy atom. The largest absolute Gasteiger partial charge is 0.573 e. The Morgan fingerprint density at radius 3 is 2.40 bits per heavy atom. The number of benzene rings is 1. The van der Waals surface area contributed by atoms with E-state index in [4.69, 9.17) is 5.73 Å². The number of ether oxygens (including phenoxy) is 1. The highest BCUT2D eigenvalue weighted by molar-refractivity contribution is 9.10. The van der Waals surface area contributed by atoms with Gasteiger partial charge in [0, 0.05) is 17.1 Å². The molecular weight excluding hydrogens is 343 g/mol. The second-order valence-electron chi connectivity index (χ2n) is 2.66. The van der Waals surface area contributed by atoms with Crippen molar-refractivity contribution in [3.8, 4) is 5.75 Å². The molecular formula is C8H6Br2F3NO.